The zero-order valence-electron chi connectivity index (χ0n) is 12.8. The van der Waals surface area contributed by atoms with Crippen LogP contribution in [0.3, 0.4) is 0 Å². The van der Waals surface area contributed by atoms with Crippen LogP contribution < -0.4 is 10.6 Å². The molecule has 0 fully saturated rings. The summed E-state index contributed by atoms with van der Waals surface area (Å²) in [5, 5.41) is 13.9. The van der Waals surface area contributed by atoms with E-state index in [1.54, 1.807) is 0 Å². The maximum Gasteiger partial charge on any atom is 0.326 e. The van der Waals surface area contributed by atoms with Crippen molar-refractivity contribution >= 4 is 17.8 Å². The molecular formula is C14H26N2O4. The molecule has 0 aliphatic heterocycles. The van der Waals surface area contributed by atoms with E-state index in [-0.39, 0.29) is 17.9 Å². The summed E-state index contributed by atoms with van der Waals surface area (Å²) in [4.78, 5) is 34.1. The summed E-state index contributed by atoms with van der Waals surface area (Å²) >= 11 is 0. The van der Waals surface area contributed by atoms with E-state index in [1.807, 2.05) is 27.7 Å². The molecule has 6 nitrogen and oxygen atoms in total. The SMILES string of the molecule is CCCC[C@H](NC(=O)CNC(=O)CC(C)(C)C)C(=O)O. The number of carbonyl (C=O) groups is 3. The Kier molecular flexibility index (Phi) is 7.87. The Morgan fingerprint density at radius 3 is 2.20 bits per heavy atom. The monoisotopic (exact) mass is 286 g/mol. The molecule has 0 aromatic heterocycles. The second-order valence-corrected chi connectivity index (χ2v) is 6.11. The lowest BCUT2D eigenvalue weighted by molar-refractivity contribution is -0.142. The minimum atomic E-state index is -1.05. The van der Waals surface area contributed by atoms with Crippen LogP contribution in [0.2, 0.25) is 0 Å². The lowest BCUT2D eigenvalue weighted by Crippen LogP contribution is -2.45. The minimum Gasteiger partial charge on any atom is -0.480 e. The molecule has 3 N–H and O–H groups in total. The van der Waals surface area contributed by atoms with Crippen LogP contribution in [0.15, 0.2) is 0 Å². The first-order valence-corrected chi connectivity index (χ1v) is 6.94. The van der Waals surface area contributed by atoms with Crippen molar-refractivity contribution in [1.29, 1.82) is 0 Å². The summed E-state index contributed by atoms with van der Waals surface area (Å²) in [6.45, 7) is 7.55. The number of carbonyl (C=O) groups excluding carboxylic acids is 2. The molecule has 0 aromatic rings. The third kappa shape index (κ3) is 9.35. The van der Waals surface area contributed by atoms with Gasteiger partial charge in [-0.3, -0.25) is 9.59 Å². The van der Waals surface area contributed by atoms with Crippen LogP contribution in [0, 0.1) is 5.41 Å². The van der Waals surface area contributed by atoms with Gasteiger partial charge in [-0.15, -0.1) is 0 Å². The zero-order chi connectivity index (χ0) is 15.8. The molecule has 0 aliphatic rings. The number of carboxylic acid groups (broad SMARTS) is 1. The Labute approximate surface area is 120 Å². The van der Waals surface area contributed by atoms with Crippen LogP contribution >= 0.6 is 0 Å². The van der Waals surface area contributed by atoms with Crippen LogP contribution in [0.1, 0.15) is 53.4 Å². The number of nitrogens with one attached hydrogen (secondary N) is 2. The van der Waals surface area contributed by atoms with Crippen molar-refractivity contribution in [2.75, 3.05) is 6.54 Å². The van der Waals surface area contributed by atoms with E-state index in [0.717, 1.165) is 12.8 Å². The quantitative estimate of drug-likeness (QED) is 0.626. The van der Waals surface area contributed by atoms with Gasteiger partial charge in [0.1, 0.15) is 6.04 Å². The molecule has 0 bridgehead atoms. The van der Waals surface area contributed by atoms with E-state index in [0.29, 0.717) is 12.8 Å². The molecule has 116 valence electrons. The highest BCUT2D eigenvalue weighted by molar-refractivity contribution is 5.87. The van der Waals surface area contributed by atoms with Gasteiger partial charge in [0.25, 0.3) is 0 Å². The molecule has 0 aliphatic carbocycles. The summed E-state index contributed by atoms with van der Waals surface area (Å²) in [5.74, 6) is -1.74. The molecule has 0 radical (unpaired) electrons. The predicted octanol–water partition coefficient (Wildman–Crippen LogP) is 1.30. The van der Waals surface area contributed by atoms with Gasteiger partial charge in [0.2, 0.25) is 11.8 Å². The van der Waals surface area contributed by atoms with E-state index in [2.05, 4.69) is 10.6 Å². The first-order chi connectivity index (χ1) is 9.15. The van der Waals surface area contributed by atoms with E-state index in [4.69, 9.17) is 5.11 Å². The van der Waals surface area contributed by atoms with Gasteiger partial charge in [-0.25, -0.2) is 4.79 Å². The molecule has 0 heterocycles. The van der Waals surface area contributed by atoms with Gasteiger partial charge in [0.05, 0.1) is 6.54 Å². The third-order valence-electron chi connectivity index (χ3n) is 2.62. The van der Waals surface area contributed by atoms with Crippen molar-refractivity contribution in [2.24, 2.45) is 5.41 Å². The fourth-order valence-corrected chi connectivity index (χ4v) is 1.63. The average Bonchev–Trinajstić information content (AvgIpc) is 2.29. The number of carboxylic acids is 1. The summed E-state index contributed by atoms with van der Waals surface area (Å²) in [6.07, 6.45) is 2.31. The Hall–Kier alpha value is -1.59. The van der Waals surface area contributed by atoms with Gasteiger partial charge < -0.3 is 15.7 Å². The van der Waals surface area contributed by atoms with Crippen LogP contribution in [-0.2, 0) is 14.4 Å². The molecule has 20 heavy (non-hydrogen) atoms. The fourth-order valence-electron chi connectivity index (χ4n) is 1.63. The smallest absolute Gasteiger partial charge is 0.326 e. The van der Waals surface area contributed by atoms with Crippen molar-refractivity contribution in [1.82, 2.24) is 10.6 Å². The second-order valence-electron chi connectivity index (χ2n) is 6.11. The van der Waals surface area contributed by atoms with E-state index in [9.17, 15) is 14.4 Å². The van der Waals surface area contributed by atoms with Gasteiger partial charge in [-0.05, 0) is 11.8 Å². The molecule has 1 atom stereocenters. The first-order valence-electron chi connectivity index (χ1n) is 6.94. The van der Waals surface area contributed by atoms with Crippen LogP contribution in [0.5, 0.6) is 0 Å². The largest absolute Gasteiger partial charge is 0.480 e. The highest BCUT2D eigenvalue weighted by Gasteiger charge is 2.20. The average molecular weight is 286 g/mol. The van der Waals surface area contributed by atoms with Gasteiger partial charge in [-0.1, -0.05) is 40.5 Å². The molecule has 0 rings (SSSR count). The third-order valence-corrected chi connectivity index (χ3v) is 2.62. The topological polar surface area (TPSA) is 95.5 Å². The summed E-state index contributed by atoms with van der Waals surface area (Å²) in [5.41, 5.74) is -0.148. The summed E-state index contributed by atoms with van der Waals surface area (Å²) in [7, 11) is 0. The van der Waals surface area contributed by atoms with Crippen molar-refractivity contribution in [2.45, 2.75) is 59.4 Å². The normalized spacial score (nSPS) is 12.6. The minimum absolute atomic E-state index is 0.148. The lowest BCUT2D eigenvalue weighted by Gasteiger charge is -2.18. The number of unbranched alkanes of at least 4 members (excludes halogenated alkanes) is 1. The summed E-state index contributed by atoms with van der Waals surface area (Å²) < 4.78 is 0. The van der Waals surface area contributed by atoms with Crippen molar-refractivity contribution in [3.63, 3.8) is 0 Å². The van der Waals surface area contributed by atoms with Crippen molar-refractivity contribution in [3.05, 3.63) is 0 Å². The standard InChI is InChI=1S/C14H26N2O4/c1-5-6-7-10(13(19)20)16-12(18)9-15-11(17)8-14(2,3)4/h10H,5-9H2,1-4H3,(H,15,17)(H,16,18)(H,19,20)/t10-/m0/s1. The maximum atomic E-state index is 11.6. The Morgan fingerprint density at radius 1 is 1.15 bits per heavy atom. The number of amides is 2. The Bertz CT molecular complexity index is 348. The molecule has 6 heteroatoms. The maximum absolute atomic E-state index is 11.6. The number of aliphatic carboxylic acids is 1. The van der Waals surface area contributed by atoms with E-state index >= 15 is 0 Å². The van der Waals surface area contributed by atoms with Gasteiger partial charge in [0, 0.05) is 6.42 Å². The number of hydrogen-bond donors (Lipinski definition) is 3. The molecular weight excluding hydrogens is 260 g/mol. The summed E-state index contributed by atoms with van der Waals surface area (Å²) in [6, 6.07) is -0.887. The zero-order valence-corrected chi connectivity index (χ0v) is 12.8. The van der Waals surface area contributed by atoms with Crippen molar-refractivity contribution < 1.29 is 19.5 Å². The molecule has 0 aromatic carbocycles. The molecule has 2 amide bonds. The number of rotatable bonds is 8. The second kappa shape index (κ2) is 8.55. The van der Waals surface area contributed by atoms with Gasteiger partial charge in [0.15, 0.2) is 0 Å². The highest BCUT2D eigenvalue weighted by atomic mass is 16.4. The van der Waals surface area contributed by atoms with Crippen LogP contribution in [0.4, 0.5) is 0 Å². The predicted molar refractivity (Wildman–Crippen MR) is 76.2 cm³/mol. The van der Waals surface area contributed by atoms with E-state index < -0.39 is 17.9 Å². The highest BCUT2D eigenvalue weighted by Crippen LogP contribution is 2.17. The number of hydrogen-bond acceptors (Lipinski definition) is 3. The molecule has 0 saturated carbocycles. The molecule has 0 unspecified atom stereocenters. The van der Waals surface area contributed by atoms with Gasteiger partial charge in [-0.2, -0.15) is 0 Å². The van der Waals surface area contributed by atoms with E-state index in [1.165, 1.54) is 0 Å². The Balaban J connectivity index is 4.14. The van der Waals surface area contributed by atoms with Crippen molar-refractivity contribution in [3.8, 4) is 0 Å². The molecule has 0 spiro atoms. The molecule has 0 saturated heterocycles. The Morgan fingerprint density at radius 2 is 1.75 bits per heavy atom. The van der Waals surface area contributed by atoms with Crippen LogP contribution in [0.25, 0.3) is 0 Å². The lowest BCUT2D eigenvalue weighted by atomic mass is 9.92. The fraction of sp³-hybridized carbons (Fsp3) is 0.786. The van der Waals surface area contributed by atoms with Gasteiger partial charge >= 0.3 is 5.97 Å². The first kappa shape index (κ1) is 18.4. The van der Waals surface area contributed by atoms with Crippen LogP contribution in [-0.4, -0.2) is 35.5 Å².